The van der Waals surface area contributed by atoms with Crippen LogP contribution >= 0.6 is 0 Å². The Hall–Kier alpha value is -3.48. The van der Waals surface area contributed by atoms with Gasteiger partial charge in [-0.3, -0.25) is 9.89 Å². The summed E-state index contributed by atoms with van der Waals surface area (Å²) in [5, 5.41) is 10.8. The molecule has 0 unspecified atom stereocenters. The lowest BCUT2D eigenvalue weighted by atomic mass is 10.0. The van der Waals surface area contributed by atoms with Crippen LogP contribution in [-0.4, -0.2) is 49.0 Å². The van der Waals surface area contributed by atoms with Crippen LogP contribution in [0.1, 0.15) is 30.1 Å². The van der Waals surface area contributed by atoms with Gasteiger partial charge in [-0.05, 0) is 61.7 Å². The van der Waals surface area contributed by atoms with E-state index >= 15 is 0 Å². The molecule has 7 heteroatoms. The Morgan fingerprint density at radius 3 is 2.81 bits per heavy atom. The summed E-state index contributed by atoms with van der Waals surface area (Å²) in [5.74, 6) is 2.23. The summed E-state index contributed by atoms with van der Waals surface area (Å²) in [6, 6.07) is 17.3. The number of hydrogen-bond donors (Lipinski definition) is 2. The maximum absolute atomic E-state index is 12.9. The number of H-pyrrole nitrogens is 1. The predicted molar refractivity (Wildman–Crippen MR) is 121 cm³/mol. The van der Waals surface area contributed by atoms with Crippen molar-refractivity contribution < 1.29 is 14.3 Å². The second kappa shape index (κ2) is 9.55. The van der Waals surface area contributed by atoms with Crippen LogP contribution in [0.25, 0.3) is 11.3 Å². The number of aromatic amines is 1. The van der Waals surface area contributed by atoms with E-state index in [0.717, 1.165) is 48.8 Å². The Bertz CT molecular complexity index is 1020. The third-order valence-corrected chi connectivity index (χ3v) is 5.48. The van der Waals surface area contributed by atoms with Crippen molar-refractivity contribution in [2.75, 3.05) is 31.7 Å². The molecule has 1 aliphatic heterocycles. The second-order valence-corrected chi connectivity index (χ2v) is 7.56. The topological polar surface area (TPSA) is 79.5 Å². The van der Waals surface area contributed by atoms with Crippen molar-refractivity contribution in [2.24, 2.45) is 0 Å². The van der Waals surface area contributed by atoms with Crippen LogP contribution in [0, 0.1) is 0 Å². The number of hydrogen-bond acceptors (Lipinski definition) is 5. The number of anilines is 1. The molecule has 31 heavy (non-hydrogen) atoms. The Morgan fingerprint density at radius 1 is 1.23 bits per heavy atom. The highest BCUT2D eigenvalue weighted by atomic mass is 16.5. The molecule has 0 aliphatic carbocycles. The molecule has 3 aromatic rings. The van der Waals surface area contributed by atoms with Gasteiger partial charge in [0.15, 0.2) is 5.82 Å². The minimum Gasteiger partial charge on any atom is -0.497 e. The van der Waals surface area contributed by atoms with E-state index in [2.05, 4.69) is 26.5 Å². The molecule has 1 fully saturated rings. The smallest absolute Gasteiger partial charge is 0.255 e. The molecule has 1 aromatic heterocycles. The van der Waals surface area contributed by atoms with Crippen LogP contribution in [0.4, 0.5) is 5.82 Å². The Balaban J connectivity index is 1.42. The van der Waals surface area contributed by atoms with Gasteiger partial charge in [-0.15, -0.1) is 0 Å². The van der Waals surface area contributed by atoms with Gasteiger partial charge in [-0.25, -0.2) is 0 Å². The molecule has 2 heterocycles. The molecule has 162 valence electrons. The largest absolute Gasteiger partial charge is 0.497 e. The molecule has 4 rings (SSSR count). The van der Waals surface area contributed by atoms with Gasteiger partial charge in [-0.2, -0.15) is 5.10 Å². The number of carbonyl (C=O) groups excluding carboxylic acids is 1. The van der Waals surface area contributed by atoms with E-state index in [4.69, 9.17) is 9.47 Å². The summed E-state index contributed by atoms with van der Waals surface area (Å²) in [4.78, 5) is 15.1. The van der Waals surface area contributed by atoms with E-state index in [1.807, 2.05) is 49.4 Å². The molecule has 0 spiro atoms. The second-order valence-electron chi connectivity index (χ2n) is 7.56. The van der Waals surface area contributed by atoms with E-state index in [0.29, 0.717) is 17.9 Å². The zero-order valence-electron chi connectivity index (χ0n) is 17.9. The number of benzene rings is 2. The number of ether oxygens (including phenoxy) is 2. The maximum Gasteiger partial charge on any atom is 0.255 e. The van der Waals surface area contributed by atoms with Gasteiger partial charge in [0, 0.05) is 25.2 Å². The molecule has 1 saturated heterocycles. The molecular formula is C24H28N4O3. The zero-order valence-corrected chi connectivity index (χ0v) is 17.9. The van der Waals surface area contributed by atoms with Crippen molar-refractivity contribution in [1.82, 2.24) is 15.5 Å². The fourth-order valence-electron chi connectivity index (χ4n) is 3.89. The molecule has 7 nitrogen and oxygen atoms in total. The number of amides is 1. The van der Waals surface area contributed by atoms with Crippen LogP contribution in [-0.2, 0) is 0 Å². The monoisotopic (exact) mass is 420 g/mol. The molecule has 1 amide bonds. The van der Waals surface area contributed by atoms with Gasteiger partial charge < -0.3 is 19.7 Å². The lowest BCUT2D eigenvalue weighted by molar-refractivity contribution is 0.0929. The third-order valence-electron chi connectivity index (χ3n) is 5.48. The normalized spacial score (nSPS) is 16.1. The minimum absolute atomic E-state index is 0.0528. The zero-order chi connectivity index (χ0) is 21.6. The quantitative estimate of drug-likeness (QED) is 0.606. The van der Waals surface area contributed by atoms with E-state index < -0.39 is 0 Å². The SMILES string of the molecule is CCOc1ccccc1C(=O)N[C@H]1CCCN(c2cc(-c3ccc(OC)cc3)[nH]n2)C1. The first-order valence-corrected chi connectivity index (χ1v) is 10.7. The number of piperidine rings is 1. The fourth-order valence-corrected chi connectivity index (χ4v) is 3.89. The van der Waals surface area contributed by atoms with E-state index in [1.54, 1.807) is 13.2 Å². The summed E-state index contributed by atoms with van der Waals surface area (Å²) < 4.78 is 10.8. The summed E-state index contributed by atoms with van der Waals surface area (Å²) in [6.07, 6.45) is 1.93. The van der Waals surface area contributed by atoms with Crippen LogP contribution in [0.3, 0.4) is 0 Å². The van der Waals surface area contributed by atoms with Crippen molar-refractivity contribution in [2.45, 2.75) is 25.8 Å². The number of carbonyl (C=O) groups is 1. The van der Waals surface area contributed by atoms with E-state index in [9.17, 15) is 4.79 Å². The van der Waals surface area contributed by atoms with Crippen molar-refractivity contribution >= 4 is 11.7 Å². The Morgan fingerprint density at radius 2 is 2.03 bits per heavy atom. The first kappa shape index (κ1) is 20.8. The summed E-state index contributed by atoms with van der Waals surface area (Å²) in [5.41, 5.74) is 2.58. The number of aromatic nitrogens is 2. The number of para-hydroxylation sites is 1. The average molecular weight is 421 g/mol. The first-order chi connectivity index (χ1) is 15.2. The van der Waals surface area contributed by atoms with Gasteiger partial charge in [0.05, 0.1) is 25.0 Å². The van der Waals surface area contributed by atoms with Crippen molar-refractivity contribution in [3.8, 4) is 22.8 Å². The minimum atomic E-state index is -0.100. The highest BCUT2D eigenvalue weighted by Crippen LogP contribution is 2.26. The number of methoxy groups -OCH3 is 1. The number of nitrogens with zero attached hydrogens (tertiary/aromatic N) is 2. The van der Waals surface area contributed by atoms with Crippen molar-refractivity contribution in [3.63, 3.8) is 0 Å². The predicted octanol–water partition coefficient (Wildman–Crippen LogP) is 3.88. The Labute approximate surface area is 182 Å². The van der Waals surface area contributed by atoms with Gasteiger partial charge >= 0.3 is 0 Å². The molecule has 0 bridgehead atoms. The summed E-state index contributed by atoms with van der Waals surface area (Å²) >= 11 is 0. The van der Waals surface area contributed by atoms with E-state index in [-0.39, 0.29) is 11.9 Å². The van der Waals surface area contributed by atoms with Gasteiger partial charge in [0.1, 0.15) is 11.5 Å². The van der Waals surface area contributed by atoms with E-state index in [1.165, 1.54) is 0 Å². The molecule has 1 aliphatic rings. The highest BCUT2D eigenvalue weighted by Gasteiger charge is 2.24. The van der Waals surface area contributed by atoms with Crippen LogP contribution < -0.4 is 19.7 Å². The van der Waals surface area contributed by atoms with Crippen LogP contribution in [0.15, 0.2) is 54.6 Å². The van der Waals surface area contributed by atoms with Crippen LogP contribution in [0.2, 0.25) is 0 Å². The Kier molecular flexibility index (Phi) is 6.40. The molecule has 2 aromatic carbocycles. The number of rotatable bonds is 7. The average Bonchev–Trinajstić information content (AvgIpc) is 3.30. The molecule has 1 atom stereocenters. The van der Waals surface area contributed by atoms with Crippen molar-refractivity contribution in [3.05, 3.63) is 60.2 Å². The van der Waals surface area contributed by atoms with Gasteiger partial charge in [0.2, 0.25) is 0 Å². The fraction of sp³-hybridized carbons (Fsp3) is 0.333. The lowest BCUT2D eigenvalue weighted by Gasteiger charge is -2.33. The van der Waals surface area contributed by atoms with Gasteiger partial charge in [0.25, 0.3) is 5.91 Å². The van der Waals surface area contributed by atoms with Gasteiger partial charge in [-0.1, -0.05) is 12.1 Å². The highest BCUT2D eigenvalue weighted by molar-refractivity contribution is 5.97. The van der Waals surface area contributed by atoms with Crippen LogP contribution in [0.5, 0.6) is 11.5 Å². The third kappa shape index (κ3) is 4.82. The lowest BCUT2D eigenvalue weighted by Crippen LogP contribution is -2.48. The summed E-state index contributed by atoms with van der Waals surface area (Å²) in [7, 11) is 1.66. The molecular weight excluding hydrogens is 392 g/mol. The summed E-state index contributed by atoms with van der Waals surface area (Å²) in [6.45, 7) is 4.07. The molecule has 0 saturated carbocycles. The first-order valence-electron chi connectivity index (χ1n) is 10.7. The maximum atomic E-state index is 12.9. The molecule has 2 N–H and O–H groups in total. The van der Waals surface area contributed by atoms with Crippen molar-refractivity contribution in [1.29, 1.82) is 0 Å². The molecule has 0 radical (unpaired) electrons. The number of nitrogens with one attached hydrogen (secondary N) is 2. The standard InChI is InChI=1S/C24H28N4O3/c1-3-31-22-9-5-4-8-20(22)24(29)25-18-7-6-14-28(16-18)23-15-21(26-27-23)17-10-12-19(30-2)13-11-17/h4-5,8-13,15,18H,3,6-7,14,16H2,1-2H3,(H,25,29)(H,26,27)/t18-/m0/s1.